The number of carboxylic acid groups (broad SMARTS) is 1. The molecule has 15 heavy (non-hydrogen) atoms. The summed E-state index contributed by atoms with van der Waals surface area (Å²) in [6.07, 6.45) is 2.36. The number of nitrogens with one attached hydrogen (secondary N) is 1. The molecule has 0 fully saturated rings. The van der Waals surface area contributed by atoms with Crippen LogP contribution >= 0.6 is 11.8 Å². The van der Waals surface area contributed by atoms with Crippen LogP contribution in [0.3, 0.4) is 0 Å². The van der Waals surface area contributed by atoms with Crippen molar-refractivity contribution in [2.24, 2.45) is 5.73 Å². The Kier molecular flexibility index (Phi) is 7.10. The van der Waals surface area contributed by atoms with Gasteiger partial charge in [0.2, 0.25) is 5.91 Å². The summed E-state index contributed by atoms with van der Waals surface area (Å²) in [5.74, 6) is -1.10. The molecule has 0 aromatic heterocycles. The standard InChI is InChI=1S/C8H16N2O4S/c1-15-3-2-5(9)7(12)10-6(4-11)8(13)14/h5-6,11H,2-4,9H2,1H3,(H,10,12)(H,13,14)/t5-,6+/m1/s1. The number of hydrogen-bond donors (Lipinski definition) is 4. The molecule has 0 radical (unpaired) electrons. The van der Waals surface area contributed by atoms with Crippen molar-refractivity contribution in [1.82, 2.24) is 5.32 Å². The molecule has 0 bridgehead atoms. The molecule has 88 valence electrons. The van der Waals surface area contributed by atoms with Crippen LogP contribution in [0.15, 0.2) is 0 Å². The number of carbonyl (C=O) groups is 2. The van der Waals surface area contributed by atoms with Gasteiger partial charge in [-0.1, -0.05) is 0 Å². The van der Waals surface area contributed by atoms with Crippen LogP contribution in [-0.4, -0.2) is 52.8 Å². The van der Waals surface area contributed by atoms with Crippen molar-refractivity contribution in [2.75, 3.05) is 18.6 Å². The number of rotatable bonds is 7. The van der Waals surface area contributed by atoms with Crippen molar-refractivity contribution in [3.63, 3.8) is 0 Å². The van der Waals surface area contributed by atoms with Gasteiger partial charge in [0.15, 0.2) is 0 Å². The minimum Gasteiger partial charge on any atom is -0.480 e. The normalized spacial score (nSPS) is 14.3. The topological polar surface area (TPSA) is 113 Å². The highest BCUT2D eigenvalue weighted by Crippen LogP contribution is 1.99. The van der Waals surface area contributed by atoms with Crippen LogP contribution in [0.2, 0.25) is 0 Å². The van der Waals surface area contributed by atoms with Gasteiger partial charge in [0, 0.05) is 0 Å². The Morgan fingerprint density at radius 3 is 2.53 bits per heavy atom. The van der Waals surface area contributed by atoms with Crippen LogP contribution < -0.4 is 11.1 Å². The Morgan fingerprint density at radius 2 is 2.13 bits per heavy atom. The Bertz CT molecular complexity index is 225. The summed E-state index contributed by atoms with van der Waals surface area (Å²) < 4.78 is 0. The third kappa shape index (κ3) is 5.60. The molecule has 6 nitrogen and oxygen atoms in total. The molecule has 0 saturated carbocycles. The van der Waals surface area contributed by atoms with Crippen molar-refractivity contribution in [3.05, 3.63) is 0 Å². The van der Waals surface area contributed by atoms with Gasteiger partial charge in [0.05, 0.1) is 12.6 Å². The van der Waals surface area contributed by atoms with Crippen molar-refractivity contribution < 1.29 is 19.8 Å². The Hall–Kier alpha value is -0.790. The van der Waals surface area contributed by atoms with Gasteiger partial charge in [-0.05, 0) is 18.4 Å². The van der Waals surface area contributed by atoms with E-state index in [-0.39, 0.29) is 0 Å². The summed E-state index contributed by atoms with van der Waals surface area (Å²) in [7, 11) is 0. The first kappa shape index (κ1) is 14.2. The van der Waals surface area contributed by atoms with E-state index in [4.69, 9.17) is 15.9 Å². The number of aliphatic carboxylic acids is 1. The predicted molar refractivity (Wildman–Crippen MR) is 57.6 cm³/mol. The molecule has 1 amide bonds. The zero-order chi connectivity index (χ0) is 11.8. The molecule has 2 atom stereocenters. The number of amides is 1. The molecular weight excluding hydrogens is 220 g/mol. The van der Waals surface area contributed by atoms with E-state index in [1.165, 1.54) is 0 Å². The van der Waals surface area contributed by atoms with Gasteiger partial charge in [0.1, 0.15) is 6.04 Å². The summed E-state index contributed by atoms with van der Waals surface area (Å²) in [4.78, 5) is 21.8. The van der Waals surface area contributed by atoms with E-state index in [2.05, 4.69) is 5.32 Å². The zero-order valence-corrected chi connectivity index (χ0v) is 9.29. The fraction of sp³-hybridized carbons (Fsp3) is 0.750. The highest BCUT2D eigenvalue weighted by Gasteiger charge is 2.21. The van der Waals surface area contributed by atoms with Gasteiger partial charge in [0.25, 0.3) is 0 Å². The van der Waals surface area contributed by atoms with E-state index in [0.717, 1.165) is 5.75 Å². The van der Waals surface area contributed by atoms with Gasteiger partial charge in [-0.3, -0.25) is 4.79 Å². The predicted octanol–water partition coefficient (Wildman–Crippen LogP) is -1.37. The molecule has 7 heteroatoms. The highest BCUT2D eigenvalue weighted by molar-refractivity contribution is 7.98. The van der Waals surface area contributed by atoms with E-state index in [1.54, 1.807) is 11.8 Å². The summed E-state index contributed by atoms with van der Waals surface area (Å²) >= 11 is 1.55. The van der Waals surface area contributed by atoms with Gasteiger partial charge in [-0.25, -0.2) is 4.79 Å². The zero-order valence-electron chi connectivity index (χ0n) is 8.47. The first-order valence-electron chi connectivity index (χ1n) is 4.41. The second-order valence-electron chi connectivity index (χ2n) is 2.97. The van der Waals surface area contributed by atoms with Crippen LogP contribution in [0.4, 0.5) is 0 Å². The molecule has 0 saturated heterocycles. The maximum Gasteiger partial charge on any atom is 0.328 e. The maximum atomic E-state index is 11.3. The van der Waals surface area contributed by atoms with Gasteiger partial charge >= 0.3 is 5.97 Å². The van der Waals surface area contributed by atoms with E-state index < -0.39 is 30.6 Å². The molecule has 0 aliphatic heterocycles. The lowest BCUT2D eigenvalue weighted by Gasteiger charge is -2.15. The molecule has 0 aromatic carbocycles. The molecular formula is C8H16N2O4S. The van der Waals surface area contributed by atoms with Crippen molar-refractivity contribution in [2.45, 2.75) is 18.5 Å². The number of carbonyl (C=O) groups excluding carboxylic acids is 1. The lowest BCUT2D eigenvalue weighted by Crippen LogP contribution is -2.50. The molecule has 0 spiro atoms. The summed E-state index contributed by atoms with van der Waals surface area (Å²) in [6.45, 7) is -0.643. The SMILES string of the molecule is CSCC[C@@H](N)C(=O)N[C@@H](CO)C(=O)O. The van der Waals surface area contributed by atoms with Crippen molar-refractivity contribution >= 4 is 23.6 Å². The first-order chi connectivity index (χ1) is 7.02. The fourth-order valence-corrected chi connectivity index (χ4v) is 1.33. The minimum absolute atomic E-state index is 0.477. The van der Waals surface area contributed by atoms with E-state index in [0.29, 0.717) is 6.42 Å². The van der Waals surface area contributed by atoms with E-state index in [1.807, 2.05) is 6.26 Å². The highest BCUT2D eigenvalue weighted by atomic mass is 32.2. The Balaban J connectivity index is 4.04. The van der Waals surface area contributed by atoms with Crippen LogP contribution in [0.1, 0.15) is 6.42 Å². The molecule has 0 unspecified atom stereocenters. The summed E-state index contributed by atoms with van der Waals surface area (Å²) in [6, 6.07) is -2.01. The second-order valence-corrected chi connectivity index (χ2v) is 3.96. The van der Waals surface area contributed by atoms with Crippen LogP contribution in [0.25, 0.3) is 0 Å². The maximum absolute atomic E-state index is 11.3. The second kappa shape index (κ2) is 7.49. The monoisotopic (exact) mass is 236 g/mol. The quantitative estimate of drug-likeness (QED) is 0.434. The smallest absolute Gasteiger partial charge is 0.328 e. The van der Waals surface area contributed by atoms with Crippen LogP contribution in [-0.2, 0) is 9.59 Å². The molecule has 0 aliphatic rings. The lowest BCUT2D eigenvalue weighted by atomic mass is 10.2. The minimum atomic E-state index is -1.28. The first-order valence-corrected chi connectivity index (χ1v) is 5.80. The average Bonchev–Trinajstić information content (AvgIpc) is 2.21. The van der Waals surface area contributed by atoms with Crippen molar-refractivity contribution in [1.29, 1.82) is 0 Å². The van der Waals surface area contributed by atoms with Crippen LogP contribution in [0.5, 0.6) is 0 Å². The number of carboxylic acids is 1. The number of hydrogen-bond acceptors (Lipinski definition) is 5. The van der Waals surface area contributed by atoms with E-state index >= 15 is 0 Å². The molecule has 0 aromatic rings. The molecule has 5 N–H and O–H groups in total. The Labute approximate surface area is 92.2 Å². The van der Waals surface area contributed by atoms with Crippen molar-refractivity contribution in [3.8, 4) is 0 Å². The molecule has 0 heterocycles. The fourth-order valence-electron chi connectivity index (χ4n) is 0.840. The lowest BCUT2D eigenvalue weighted by molar-refractivity contribution is -0.143. The largest absolute Gasteiger partial charge is 0.480 e. The third-order valence-corrected chi connectivity index (χ3v) is 2.41. The summed E-state index contributed by atoms with van der Waals surface area (Å²) in [5.41, 5.74) is 5.51. The van der Waals surface area contributed by atoms with Gasteiger partial charge in [-0.2, -0.15) is 11.8 Å². The number of nitrogens with two attached hydrogens (primary N) is 1. The van der Waals surface area contributed by atoms with E-state index in [9.17, 15) is 9.59 Å². The number of thioether (sulfide) groups is 1. The number of aliphatic hydroxyl groups excluding tert-OH is 1. The van der Waals surface area contributed by atoms with Gasteiger partial charge < -0.3 is 21.3 Å². The van der Waals surface area contributed by atoms with Gasteiger partial charge in [-0.15, -0.1) is 0 Å². The average molecular weight is 236 g/mol. The number of aliphatic hydroxyl groups is 1. The summed E-state index contributed by atoms with van der Waals surface area (Å²) in [5, 5.41) is 19.4. The molecule has 0 rings (SSSR count). The molecule has 0 aliphatic carbocycles. The Morgan fingerprint density at radius 1 is 1.53 bits per heavy atom. The van der Waals surface area contributed by atoms with Crippen LogP contribution in [0, 0.1) is 0 Å². The third-order valence-electron chi connectivity index (χ3n) is 1.77.